The Labute approximate surface area is 145 Å². The van der Waals surface area contributed by atoms with E-state index < -0.39 is 21.8 Å². The van der Waals surface area contributed by atoms with Gasteiger partial charge in [0.2, 0.25) is 10.0 Å². The maximum Gasteiger partial charge on any atom is 0.416 e. The van der Waals surface area contributed by atoms with Gasteiger partial charge in [-0.2, -0.15) is 17.5 Å². The lowest BCUT2D eigenvalue weighted by Gasteiger charge is -2.36. The minimum atomic E-state index is -4.44. The zero-order valence-electron chi connectivity index (χ0n) is 13.3. The van der Waals surface area contributed by atoms with Gasteiger partial charge in [0.15, 0.2) is 0 Å². The molecule has 1 aliphatic heterocycles. The Morgan fingerprint density at radius 1 is 1.17 bits per heavy atom. The number of piperazine rings is 1. The monoisotopic (exact) mass is 384 g/mol. The highest BCUT2D eigenvalue weighted by Crippen LogP contribution is 2.35. The van der Waals surface area contributed by atoms with Crippen LogP contribution in [0.4, 0.5) is 18.9 Å². The summed E-state index contributed by atoms with van der Waals surface area (Å²) in [7, 11) is -3.30. The van der Waals surface area contributed by atoms with Gasteiger partial charge < -0.3 is 4.90 Å². The molecule has 24 heavy (non-hydrogen) atoms. The van der Waals surface area contributed by atoms with Gasteiger partial charge in [0.1, 0.15) is 0 Å². The second-order valence-corrected chi connectivity index (χ2v) is 8.22. The number of rotatable bonds is 5. The van der Waals surface area contributed by atoms with Crippen molar-refractivity contribution in [1.82, 2.24) is 4.31 Å². The second-order valence-electron chi connectivity index (χ2n) is 5.72. The van der Waals surface area contributed by atoms with Crippen molar-refractivity contribution in [2.45, 2.75) is 25.9 Å². The fraction of sp³-hybridized carbons (Fsp3) is 0.600. The summed E-state index contributed by atoms with van der Waals surface area (Å²) in [6.45, 7) is 3.04. The van der Waals surface area contributed by atoms with Gasteiger partial charge in [0, 0.05) is 26.2 Å². The van der Waals surface area contributed by atoms with Crippen LogP contribution in [0.1, 0.15) is 25.3 Å². The van der Waals surface area contributed by atoms with E-state index in [9.17, 15) is 21.6 Å². The molecule has 1 aromatic rings. The molecule has 0 aromatic heterocycles. The van der Waals surface area contributed by atoms with E-state index in [-0.39, 0.29) is 29.6 Å². The maximum atomic E-state index is 12.9. The van der Waals surface area contributed by atoms with Gasteiger partial charge in [-0.25, -0.2) is 8.42 Å². The third-order valence-corrected chi connectivity index (χ3v) is 6.28. The standard InChI is InChI=1S/C15H20ClF3N2O2S/c1-2-3-10-24(22,23)21-8-6-20(7-9-21)14-11-12(15(17,18)19)4-5-13(14)16/h4-5,11H,2-3,6-10H2,1H3. The molecular formula is C15H20ClF3N2O2S. The van der Waals surface area contributed by atoms with Crippen molar-refractivity contribution in [2.75, 3.05) is 36.8 Å². The quantitative estimate of drug-likeness (QED) is 0.778. The van der Waals surface area contributed by atoms with Gasteiger partial charge in [-0.05, 0) is 24.6 Å². The first-order valence-corrected chi connectivity index (χ1v) is 9.73. The highest BCUT2D eigenvalue weighted by molar-refractivity contribution is 7.89. The Kier molecular flexibility index (Phi) is 6.04. The summed E-state index contributed by atoms with van der Waals surface area (Å²) in [5.41, 5.74) is -0.475. The van der Waals surface area contributed by atoms with Gasteiger partial charge in [-0.15, -0.1) is 0 Å². The summed E-state index contributed by atoms with van der Waals surface area (Å²) in [5.74, 6) is 0.105. The van der Waals surface area contributed by atoms with Crippen LogP contribution in [0.25, 0.3) is 0 Å². The van der Waals surface area contributed by atoms with Crippen molar-refractivity contribution in [3.8, 4) is 0 Å². The molecule has 1 aromatic carbocycles. The first kappa shape index (κ1) is 19.3. The lowest BCUT2D eigenvalue weighted by atomic mass is 10.1. The molecule has 4 nitrogen and oxygen atoms in total. The highest BCUT2D eigenvalue weighted by atomic mass is 35.5. The third kappa shape index (κ3) is 4.55. The van der Waals surface area contributed by atoms with Crippen LogP contribution in [0.15, 0.2) is 18.2 Å². The molecule has 0 aliphatic carbocycles. The molecule has 1 heterocycles. The smallest absolute Gasteiger partial charge is 0.368 e. The van der Waals surface area contributed by atoms with Gasteiger partial charge in [-0.1, -0.05) is 24.9 Å². The van der Waals surface area contributed by atoms with Crippen molar-refractivity contribution in [2.24, 2.45) is 0 Å². The number of hydrogen-bond acceptors (Lipinski definition) is 3. The summed E-state index contributed by atoms with van der Waals surface area (Å²) in [6.07, 6.45) is -3.05. The van der Waals surface area contributed by atoms with Crippen LogP contribution in [0.5, 0.6) is 0 Å². The Morgan fingerprint density at radius 2 is 1.79 bits per heavy atom. The molecule has 0 N–H and O–H groups in total. The van der Waals surface area contributed by atoms with Crippen LogP contribution < -0.4 is 4.90 Å². The van der Waals surface area contributed by atoms with Crippen LogP contribution in [0, 0.1) is 0 Å². The molecule has 0 radical (unpaired) electrons. The first-order chi connectivity index (χ1) is 11.1. The Morgan fingerprint density at radius 3 is 2.33 bits per heavy atom. The van der Waals surface area contributed by atoms with Crippen molar-refractivity contribution in [1.29, 1.82) is 0 Å². The van der Waals surface area contributed by atoms with E-state index in [4.69, 9.17) is 11.6 Å². The van der Waals surface area contributed by atoms with Gasteiger partial charge in [0.05, 0.1) is 22.0 Å². The van der Waals surface area contributed by atoms with E-state index >= 15 is 0 Å². The summed E-state index contributed by atoms with van der Waals surface area (Å²) in [4.78, 5) is 1.70. The summed E-state index contributed by atoms with van der Waals surface area (Å²) in [5, 5.41) is 0.227. The molecule has 2 rings (SSSR count). The van der Waals surface area contributed by atoms with Crippen LogP contribution in [-0.2, 0) is 16.2 Å². The molecule has 1 aliphatic rings. The highest BCUT2D eigenvalue weighted by Gasteiger charge is 2.32. The zero-order valence-corrected chi connectivity index (χ0v) is 14.9. The molecular weight excluding hydrogens is 365 g/mol. The minimum absolute atomic E-state index is 0.105. The number of nitrogens with zero attached hydrogens (tertiary/aromatic N) is 2. The maximum absolute atomic E-state index is 12.9. The van der Waals surface area contributed by atoms with E-state index in [1.807, 2.05) is 6.92 Å². The normalized spacial score (nSPS) is 17.3. The van der Waals surface area contributed by atoms with Crippen molar-refractivity contribution >= 4 is 27.3 Å². The number of sulfonamides is 1. The summed E-state index contributed by atoms with van der Waals surface area (Å²) >= 11 is 6.03. The minimum Gasteiger partial charge on any atom is -0.368 e. The van der Waals surface area contributed by atoms with E-state index in [0.29, 0.717) is 19.5 Å². The molecule has 136 valence electrons. The van der Waals surface area contributed by atoms with Crippen molar-refractivity contribution in [3.63, 3.8) is 0 Å². The number of unbranched alkanes of at least 4 members (excludes halogenated alkanes) is 1. The molecule has 0 amide bonds. The SMILES string of the molecule is CCCCS(=O)(=O)N1CCN(c2cc(C(F)(F)F)ccc2Cl)CC1. The first-order valence-electron chi connectivity index (χ1n) is 7.74. The summed E-state index contributed by atoms with van der Waals surface area (Å²) in [6, 6.07) is 3.19. The largest absolute Gasteiger partial charge is 0.416 e. The number of hydrogen-bond donors (Lipinski definition) is 0. The fourth-order valence-electron chi connectivity index (χ4n) is 2.59. The van der Waals surface area contributed by atoms with Crippen molar-refractivity contribution in [3.05, 3.63) is 28.8 Å². The predicted molar refractivity (Wildman–Crippen MR) is 88.9 cm³/mol. The molecule has 0 unspecified atom stereocenters. The zero-order chi connectivity index (χ0) is 18.0. The average molecular weight is 385 g/mol. The van der Waals surface area contributed by atoms with E-state index in [1.54, 1.807) is 4.90 Å². The van der Waals surface area contributed by atoms with E-state index in [1.165, 1.54) is 10.4 Å². The van der Waals surface area contributed by atoms with E-state index in [0.717, 1.165) is 18.6 Å². The average Bonchev–Trinajstić information content (AvgIpc) is 2.52. The van der Waals surface area contributed by atoms with Crippen molar-refractivity contribution < 1.29 is 21.6 Å². The Hall–Kier alpha value is -0.990. The molecule has 0 saturated carbocycles. The van der Waals surface area contributed by atoms with Gasteiger partial charge in [0.25, 0.3) is 0 Å². The van der Waals surface area contributed by atoms with Crippen LogP contribution in [0.3, 0.4) is 0 Å². The fourth-order valence-corrected chi connectivity index (χ4v) is 4.46. The number of halogens is 4. The Balaban J connectivity index is 2.10. The van der Waals surface area contributed by atoms with Crippen LogP contribution in [-0.4, -0.2) is 44.7 Å². The molecule has 9 heteroatoms. The number of benzene rings is 1. The summed E-state index contributed by atoms with van der Waals surface area (Å²) < 4.78 is 64.3. The molecule has 1 fully saturated rings. The second kappa shape index (κ2) is 7.49. The van der Waals surface area contributed by atoms with E-state index in [2.05, 4.69) is 0 Å². The lowest BCUT2D eigenvalue weighted by Crippen LogP contribution is -2.49. The number of alkyl halides is 3. The molecule has 1 saturated heterocycles. The molecule has 0 bridgehead atoms. The molecule has 0 atom stereocenters. The Bertz CT molecular complexity index is 672. The number of anilines is 1. The lowest BCUT2D eigenvalue weighted by molar-refractivity contribution is -0.137. The van der Waals surface area contributed by atoms with Gasteiger partial charge in [-0.3, -0.25) is 0 Å². The van der Waals surface area contributed by atoms with Gasteiger partial charge >= 0.3 is 6.18 Å². The topological polar surface area (TPSA) is 40.6 Å². The predicted octanol–water partition coefficient (Wildman–Crippen LogP) is 3.61. The third-order valence-electron chi connectivity index (χ3n) is 4.00. The molecule has 0 spiro atoms. The van der Waals surface area contributed by atoms with Crippen LogP contribution >= 0.6 is 11.6 Å². The van der Waals surface area contributed by atoms with Crippen LogP contribution in [0.2, 0.25) is 5.02 Å².